The Balaban J connectivity index is 1.47. The molecule has 2 aromatic rings. The Morgan fingerprint density at radius 3 is 2.65 bits per heavy atom. The molecule has 1 fully saturated rings. The largest absolute Gasteiger partial charge is 0.343 e. The molecular weight excluding hydrogens is 361 g/mol. The van der Waals surface area contributed by atoms with Gasteiger partial charge >= 0.3 is 0 Å². The van der Waals surface area contributed by atoms with E-state index in [9.17, 15) is 17.6 Å². The van der Waals surface area contributed by atoms with Crippen LogP contribution < -0.4 is 4.72 Å². The van der Waals surface area contributed by atoms with E-state index < -0.39 is 20.7 Å². The molecule has 0 radical (unpaired) electrons. The van der Waals surface area contributed by atoms with Crippen molar-refractivity contribution in [1.82, 2.24) is 24.6 Å². The molecule has 0 saturated carbocycles. The molecule has 0 atom stereocenters. The van der Waals surface area contributed by atoms with Crippen LogP contribution in [-0.4, -0.2) is 53.9 Å². The molecule has 10 heteroatoms. The quantitative estimate of drug-likeness (QED) is 0.804. The lowest BCUT2D eigenvalue weighted by Gasteiger charge is -2.31. The smallest absolute Gasteiger partial charge is 0.243 e. The number of nitrogens with zero attached hydrogens (tertiary/aromatic N) is 4. The predicted octanol–water partition coefficient (Wildman–Crippen LogP) is 0.949. The summed E-state index contributed by atoms with van der Waals surface area (Å²) in [5.74, 6) is -0.945. The number of hydrogen-bond donors (Lipinski definition) is 1. The molecule has 1 N–H and O–H groups in total. The predicted molar refractivity (Wildman–Crippen MR) is 91.1 cm³/mol. The topological polar surface area (TPSA) is 97.2 Å². The number of nitrogens with one attached hydrogen (secondary N) is 1. The molecule has 1 aromatic heterocycles. The third-order valence-corrected chi connectivity index (χ3v) is 5.88. The second-order valence-electron chi connectivity index (χ2n) is 6.07. The Morgan fingerprint density at radius 1 is 1.27 bits per heavy atom. The highest BCUT2D eigenvalue weighted by atomic mass is 32.2. The first-order valence-corrected chi connectivity index (χ1v) is 9.83. The van der Waals surface area contributed by atoms with Gasteiger partial charge in [-0.2, -0.15) is 0 Å². The van der Waals surface area contributed by atoms with Crippen LogP contribution in [0.3, 0.4) is 0 Å². The van der Waals surface area contributed by atoms with E-state index in [0.717, 1.165) is 18.9 Å². The Hall–Kier alpha value is -2.33. The third kappa shape index (κ3) is 4.25. The zero-order valence-electron chi connectivity index (χ0n) is 14.1. The fourth-order valence-electron chi connectivity index (χ4n) is 2.98. The van der Waals surface area contributed by atoms with Gasteiger partial charge in [0.25, 0.3) is 0 Å². The number of benzene rings is 1. The second kappa shape index (κ2) is 7.92. The number of piperidine rings is 1. The molecule has 2 heterocycles. The van der Waals surface area contributed by atoms with Gasteiger partial charge in [-0.15, -0.1) is 5.10 Å². The molecule has 0 unspecified atom stereocenters. The minimum Gasteiger partial charge on any atom is -0.343 e. The van der Waals surface area contributed by atoms with Crippen LogP contribution in [0.15, 0.2) is 41.6 Å². The van der Waals surface area contributed by atoms with Crippen LogP contribution in [0.25, 0.3) is 0 Å². The molecule has 1 amide bonds. The first kappa shape index (κ1) is 18.5. The summed E-state index contributed by atoms with van der Waals surface area (Å²) in [7, 11) is -3.97. The van der Waals surface area contributed by atoms with Gasteiger partial charge in [0.2, 0.25) is 15.9 Å². The van der Waals surface area contributed by atoms with Crippen molar-refractivity contribution >= 4 is 15.9 Å². The molecule has 1 aromatic carbocycles. The fraction of sp³-hybridized carbons (Fsp3) is 0.438. The Kier molecular flexibility index (Phi) is 5.62. The lowest BCUT2D eigenvalue weighted by molar-refractivity contribution is -0.132. The molecule has 26 heavy (non-hydrogen) atoms. The molecule has 0 aliphatic carbocycles. The van der Waals surface area contributed by atoms with E-state index in [1.807, 2.05) is 0 Å². The SMILES string of the molecule is O=C(CCNS(=O)(=O)c1ccccc1F)N1CCC(n2ccnn2)CC1. The maximum Gasteiger partial charge on any atom is 0.243 e. The lowest BCUT2D eigenvalue weighted by Crippen LogP contribution is -2.40. The molecule has 1 saturated heterocycles. The van der Waals surface area contributed by atoms with Gasteiger partial charge in [0.05, 0.1) is 12.2 Å². The molecular formula is C16H20FN5O3S. The number of aromatic nitrogens is 3. The van der Waals surface area contributed by atoms with Crippen molar-refractivity contribution in [3.63, 3.8) is 0 Å². The van der Waals surface area contributed by atoms with Crippen LogP contribution in [0.2, 0.25) is 0 Å². The minimum atomic E-state index is -3.97. The summed E-state index contributed by atoms with van der Waals surface area (Å²) < 4.78 is 41.9. The number of amides is 1. The van der Waals surface area contributed by atoms with Crippen molar-refractivity contribution in [2.75, 3.05) is 19.6 Å². The number of rotatable bonds is 6. The van der Waals surface area contributed by atoms with Crippen molar-refractivity contribution < 1.29 is 17.6 Å². The third-order valence-electron chi connectivity index (χ3n) is 4.39. The number of halogens is 1. The molecule has 3 rings (SSSR count). The van der Waals surface area contributed by atoms with Crippen LogP contribution in [0.5, 0.6) is 0 Å². The normalized spacial score (nSPS) is 16.0. The van der Waals surface area contributed by atoms with Gasteiger partial charge in [0.15, 0.2) is 0 Å². The fourth-order valence-corrected chi connectivity index (χ4v) is 4.09. The maximum atomic E-state index is 13.6. The van der Waals surface area contributed by atoms with E-state index in [-0.39, 0.29) is 24.9 Å². The van der Waals surface area contributed by atoms with Gasteiger partial charge in [-0.05, 0) is 25.0 Å². The first-order valence-electron chi connectivity index (χ1n) is 8.35. The van der Waals surface area contributed by atoms with Crippen LogP contribution in [0.1, 0.15) is 25.3 Å². The van der Waals surface area contributed by atoms with Crippen molar-refractivity contribution in [3.8, 4) is 0 Å². The minimum absolute atomic E-state index is 0.0294. The summed E-state index contributed by atoms with van der Waals surface area (Å²) >= 11 is 0. The molecule has 140 valence electrons. The second-order valence-corrected chi connectivity index (χ2v) is 7.81. The van der Waals surface area contributed by atoms with Gasteiger partial charge in [0.1, 0.15) is 10.7 Å². The van der Waals surface area contributed by atoms with Crippen LogP contribution in [-0.2, 0) is 14.8 Å². The zero-order chi connectivity index (χ0) is 18.6. The van der Waals surface area contributed by atoms with E-state index >= 15 is 0 Å². The molecule has 8 nitrogen and oxygen atoms in total. The first-order chi connectivity index (χ1) is 12.5. The standard InChI is InChI=1S/C16H20FN5O3S/c17-14-3-1-2-4-15(14)26(24,25)19-8-5-16(23)21-10-6-13(7-11-21)22-12-9-18-20-22/h1-4,9,12-13,19H,5-8,10-11H2. The molecule has 0 spiro atoms. The van der Waals surface area contributed by atoms with E-state index in [2.05, 4.69) is 15.0 Å². The Morgan fingerprint density at radius 2 is 2.00 bits per heavy atom. The van der Waals surface area contributed by atoms with Gasteiger partial charge in [-0.1, -0.05) is 17.3 Å². The molecule has 1 aliphatic rings. The van der Waals surface area contributed by atoms with Crippen molar-refractivity contribution in [3.05, 3.63) is 42.5 Å². The molecule has 0 bridgehead atoms. The molecule has 1 aliphatic heterocycles. The maximum absolute atomic E-state index is 13.6. The zero-order valence-corrected chi connectivity index (χ0v) is 14.9. The lowest BCUT2D eigenvalue weighted by atomic mass is 10.1. The number of carbonyl (C=O) groups excluding carboxylic acids is 1. The summed E-state index contributed by atoms with van der Waals surface area (Å²) in [5.41, 5.74) is 0. The van der Waals surface area contributed by atoms with E-state index in [1.54, 1.807) is 22.0 Å². The highest BCUT2D eigenvalue weighted by Crippen LogP contribution is 2.21. The van der Waals surface area contributed by atoms with Crippen molar-refractivity contribution in [2.24, 2.45) is 0 Å². The highest BCUT2D eigenvalue weighted by molar-refractivity contribution is 7.89. The average Bonchev–Trinajstić information content (AvgIpc) is 3.16. The van der Waals surface area contributed by atoms with Crippen molar-refractivity contribution in [1.29, 1.82) is 0 Å². The summed E-state index contributed by atoms with van der Waals surface area (Å²) in [6.45, 7) is 1.10. The number of sulfonamides is 1. The van der Waals surface area contributed by atoms with E-state index in [0.29, 0.717) is 13.1 Å². The van der Waals surface area contributed by atoms with Gasteiger partial charge in [0, 0.05) is 32.3 Å². The summed E-state index contributed by atoms with van der Waals surface area (Å²) in [4.78, 5) is 13.6. The van der Waals surface area contributed by atoms with Crippen LogP contribution in [0.4, 0.5) is 4.39 Å². The summed E-state index contributed by atoms with van der Waals surface area (Å²) in [6, 6.07) is 5.36. The Labute approximate surface area is 151 Å². The number of likely N-dealkylation sites (tertiary alicyclic amines) is 1. The average molecular weight is 381 g/mol. The van der Waals surface area contributed by atoms with E-state index in [1.165, 1.54) is 18.2 Å². The monoisotopic (exact) mass is 381 g/mol. The van der Waals surface area contributed by atoms with Crippen molar-refractivity contribution in [2.45, 2.75) is 30.2 Å². The summed E-state index contributed by atoms with van der Waals surface area (Å²) in [6.07, 6.45) is 5.01. The van der Waals surface area contributed by atoms with E-state index in [4.69, 9.17) is 0 Å². The number of carbonyl (C=O) groups is 1. The highest BCUT2D eigenvalue weighted by Gasteiger charge is 2.24. The summed E-state index contributed by atoms with van der Waals surface area (Å²) in [5, 5.41) is 7.76. The number of hydrogen-bond acceptors (Lipinski definition) is 5. The van der Waals surface area contributed by atoms with Gasteiger partial charge in [-0.3, -0.25) is 4.79 Å². The van der Waals surface area contributed by atoms with Gasteiger partial charge in [-0.25, -0.2) is 22.2 Å². The Bertz CT molecular complexity index is 849. The van der Waals surface area contributed by atoms with Gasteiger partial charge < -0.3 is 4.90 Å². The van der Waals surface area contributed by atoms with Crippen LogP contribution in [0, 0.1) is 5.82 Å². The van der Waals surface area contributed by atoms with Crippen LogP contribution >= 0.6 is 0 Å².